The minimum Gasteiger partial charge on any atom is -0.463 e. The molecule has 1 aliphatic heterocycles. The van der Waals surface area contributed by atoms with Crippen LogP contribution < -0.4 is 10.6 Å². The van der Waals surface area contributed by atoms with E-state index >= 15 is 0 Å². The van der Waals surface area contributed by atoms with Crippen molar-refractivity contribution in [3.8, 4) is 0 Å². The van der Waals surface area contributed by atoms with Gasteiger partial charge in [-0.15, -0.1) is 0 Å². The van der Waals surface area contributed by atoms with Gasteiger partial charge in [0, 0.05) is 17.4 Å². The van der Waals surface area contributed by atoms with E-state index in [1.807, 2.05) is 41.5 Å². The molecule has 1 fully saturated rings. The lowest BCUT2D eigenvalue weighted by molar-refractivity contribution is -0.172. The molecule has 0 radical (unpaired) electrons. The van der Waals surface area contributed by atoms with E-state index in [1.54, 1.807) is 7.05 Å². The Morgan fingerprint density at radius 1 is 1.24 bits per heavy atom. The van der Waals surface area contributed by atoms with Crippen molar-refractivity contribution in [1.29, 1.82) is 0 Å². The van der Waals surface area contributed by atoms with E-state index in [4.69, 9.17) is 9.47 Å². The maximum atomic E-state index is 12.8. The molecule has 1 rings (SSSR count). The number of likely N-dealkylation sites (N-methyl/N-ethyl adjacent to an activating group) is 1. The molecule has 21 heavy (non-hydrogen) atoms. The number of esters is 2. The first-order valence-corrected chi connectivity index (χ1v) is 7.29. The third-order valence-electron chi connectivity index (χ3n) is 3.51. The number of nitrogens with one attached hydrogen (secondary N) is 2. The van der Waals surface area contributed by atoms with Crippen molar-refractivity contribution in [2.24, 2.45) is 5.41 Å². The number of hydrogen-bond donors (Lipinski definition) is 2. The summed E-state index contributed by atoms with van der Waals surface area (Å²) in [6.07, 6.45) is -0.404. The third kappa shape index (κ3) is 3.95. The van der Waals surface area contributed by atoms with E-state index in [-0.39, 0.29) is 5.54 Å². The second-order valence-corrected chi connectivity index (χ2v) is 7.48. The van der Waals surface area contributed by atoms with E-state index in [0.717, 1.165) is 0 Å². The lowest BCUT2D eigenvalue weighted by atomic mass is 9.78. The van der Waals surface area contributed by atoms with E-state index in [2.05, 4.69) is 10.6 Å². The van der Waals surface area contributed by atoms with Gasteiger partial charge in [0.2, 0.25) is 6.10 Å². The summed E-state index contributed by atoms with van der Waals surface area (Å²) in [7, 11) is 1.71. The summed E-state index contributed by atoms with van der Waals surface area (Å²) in [5.41, 5.74) is -1.88. The molecule has 2 atom stereocenters. The first-order valence-electron chi connectivity index (χ1n) is 7.29. The van der Waals surface area contributed by atoms with Crippen LogP contribution in [0.25, 0.3) is 0 Å². The molecule has 0 aromatic rings. The smallest absolute Gasteiger partial charge is 0.347 e. The number of carbonyl (C=O) groups excluding carboxylic acids is 2. The Morgan fingerprint density at radius 3 is 2.14 bits per heavy atom. The molecule has 0 amide bonds. The van der Waals surface area contributed by atoms with Gasteiger partial charge in [0.05, 0.1) is 6.61 Å². The Kier molecular flexibility index (Phi) is 5.05. The summed E-state index contributed by atoms with van der Waals surface area (Å²) >= 11 is 0. The Balaban J connectivity index is 3.05. The van der Waals surface area contributed by atoms with Crippen LogP contribution in [-0.2, 0) is 19.1 Å². The molecule has 0 spiro atoms. The SMILES string of the molecule is CNC(NC(C)(C)C)(C(=O)OC1CCOC1=O)C(C)(C)C. The highest BCUT2D eigenvalue weighted by Crippen LogP contribution is 2.32. The summed E-state index contributed by atoms with van der Waals surface area (Å²) < 4.78 is 10.3. The molecule has 122 valence electrons. The summed E-state index contributed by atoms with van der Waals surface area (Å²) in [5, 5.41) is 6.37. The maximum absolute atomic E-state index is 12.8. The van der Waals surface area contributed by atoms with Crippen LogP contribution in [-0.4, -0.2) is 42.9 Å². The highest BCUT2D eigenvalue weighted by Gasteiger charge is 2.52. The van der Waals surface area contributed by atoms with Gasteiger partial charge in [-0.1, -0.05) is 20.8 Å². The normalized spacial score (nSPS) is 22.6. The molecule has 1 aliphatic rings. The first kappa shape index (κ1) is 17.9. The van der Waals surface area contributed by atoms with Crippen molar-refractivity contribution in [3.63, 3.8) is 0 Å². The second kappa shape index (κ2) is 5.93. The fourth-order valence-electron chi connectivity index (χ4n) is 2.45. The van der Waals surface area contributed by atoms with Gasteiger partial charge in [-0.3, -0.25) is 10.6 Å². The zero-order chi connectivity index (χ0) is 16.5. The Morgan fingerprint density at radius 2 is 1.81 bits per heavy atom. The average Bonchev–Trinajstić information content (AvgIpc) is 2.69. The standard InChI is InChI=1S/C15H28N2O4/c1-13(2,3)15(16-7,17-14(4,5)6)12(19)21-10-8-9-20-11(10)18/h10,16-17H,8-9H2,1-7H3. The van der Waals surface area contributed by atoms with Crippen molar-refractivity contribution >= 4 is 11.9 Å². The topological polar surface area (TPSA) is 76.7 Å². The predicted molar refractivity (Wildman–Crippen MR) is 79.6 cm³/mol. The predicted octanol–water partition coefficient (Wildman–Crippen LogP) is 1.19. The molecule has 0 bridgehead atoms. The highest BCUT2D eigenvalue weighted by molar-refractivity contribution is 5.86. The van der Waals surface area contributed by atoms with Gasteiger partial charge in [0.15, 0.2) is 5.66 Å². The van der Waals surface area contributed by atoms with Gasteiger partial charge >= 0.3 is 11.9 Å². The molecule has 0 aromatic heterocycles. The summed E-state index contributed by atoms with van der Waals surface area (Å²) in [4.78, 5) is 24.3. The molecular formula is C15H28N2O4. The van der Waals surface area contributed by atoms with Crippen LogP contribution >= 0.6 is 0 Å². The molecule has 0 aliphatic carbocycles. The molecule has 2 unspecified atom stereocenters. The average molecular weight is 300 g/mol. The molecule has 6 heteroatoms. The van der Waals surface area contributed by atoms with Crippen LogP contribution in [0.3, 0.4) is 0 Å². The maximum Gasteiger partial charge on any atom is 0.347 e. The monoisotopic (exact) mass is 300 g/mol. The fourth-order valence-corrected chi connectivity index (χ4v) is 2.45. The van der Waals surface area contributed by atoms with Gasteiger partial charge in [0.25, 0.3) is 0 Å². The molecular weight excluding hydrogens is 272 g/mol. The van der Waals surface area contributed by atoms with Crippen LogP contribution in [0.2, 0.25) is 0 Å². The van der Waals surface area contributed by atoms with Crippen LogP contribution in [0, 0.1) is 5.41 Å². The Bertz CT molecular complexity index is 409. The summed E-state index contributed by atoms with van der Waals surface area (Å²) in [6.45, 7) is 12.0. The van der Waals surface area contributed by atoms with Crippen LogP contribution in [0.4, 0.5) is 0 Å². The minimum absolute atomic E-state index is 0.297. The van der Waals surface area contributed by atoms with Crippen molar-refractivity contribution < 1.29 is 19.1 Å². The Hall–Kier alpha value is -1.14. The molecule has 1 saturated heterocycles. The Labute approximate surface area is 126 Å². The summed E-state index contributed by atoms with van der Waals surface area (Å²) in [6, 6.07) is 0. The van der Waals surface area contributed by atoms with Gasteiger partial charge < -0.3 is 9.47 Å². The fraction of sp³-hybridized carbons (Fsp3) is 0.867. The van der Waals surface area contributed by atoms with Gasteiger partial charge in [-0.25, -0.2) is 9.59 Å². The molecule has 0 saturated carbocycles. The van der Waals surface area contributed by atoms with Crippen LogP contribution in [0.15, 0.2) is 0 Å². The second-order valence-electron chi connectivity index (χ2n) is 7.48. The van der Waals surface area contributed by atoms with E-state index < -0.39 is 29.1 Å². The van der Waals surface area contributed by atoms with Crippen LogP contribution in [0.5, 0.6) is 0 Å². The molecule has 2 N–H and O–H groups in total. The quantitative estimate of drug-likeness (QED) is 0.600. The number of hydrogen-bond acceptors (Lipinski definition) is 6. The largest absolute Gasteiger partial charge is 0.463 e. The lowest BCUT2D eigenvalue weighted by Crippen LogP contribution is -2.73. The van der Waals surface area contributed by atoms with Crippen molar-refractivity contribution in [3.05, 3.63) is 0 Å². The zero-order valence-corrected chi connectivity index (χ0v) is 14.1. The molecule has 6 nitrogen and oxygen atoms in total. The number of carbonyl (C=O) groups is 2. The summed E-state index contributed by atoms with van der Waals surface area (Å²) in [5.74, 6) is -0.964. The highest BCUT2D eigenvalue weighted by atomic mass is 16.6. The molecule has 0 aromatic carbocycles. The van der Waals surface area contributed by atoms with E-state index in [9.17, 15) is 9.59 Å². The van der Waals surface area contributed by atoms with Crippen molar-refractivity contribution in [1.82, 2.24) is 10.6 Å². The molecule has 1 heterocycles. The minimum atomic E-state index is -1.10. The van der Waals surface area contributed by atoms with E-state index in [0.29, 0.717) is 13.0 Å². The van der Waals surface area contributed by atoms with Gasteiger partial charge in [-0.05, 0) is 27.8 Å². The number of cyclic esters (lactones) is 1. The van der Waals surface area contributed by atoms with E-state index in [1.165, 1.54) is 0 Å². The van der Waals surface area contributed by atoms with Crippen molar-refractivity contribution in [2.45, 2.75) is 65.3 Å². The number of ether oxygens (including phenoxy) is 2. The lowest BCUT2D eigenvalue weighted by Gasteiger charge is -2.46. The van der Waals surface area contributed by atoms with Gasteiger partial charge in [-0.2, -0.15) is 0 Å². The van der Waals surface area contributed by atoms with Crippen molar-refractivity contribution in [2.75, 3.05) is 13.7 Å². The third-order valence-corrected chi connectivity index (χ3v) is 3.51. The van der Waals surface area contributed by atoms with Gasteiger partial charge in [0.1, 0.15) is 0 Å². The first-order chi connectivity index (χ1) is 9.43. The number of rotatable bonds is 4. The van der Waals surface area contributed by atoms with Crippen LogP contribution in [0.1, 0.15) is 48.0 Å². The zero-order valence-electron chi connectivity index (χ0n) is 14.1.